The number of hydrogen-bond acceptors (Lipinski definition) is 5. The van der Waals surface area contributed by atoms with Crippen molar-refractivity contribution in [1.82, 2.24) is 5.32 Å². The Balaban J connectivity index is 4.63. The molecule has 0 fully saturated rings. The lowest BCUT2D eigenvalue weighted by Gasteiger charge is -2.22. The minimum absolute atomic E-state index is 0.0569. The van der Waals surface area contributed by atoms with Crippen LogP contribution in [0.25, 0.3) is 10.4 Å². The normalized spacial score (nSPS) is 15.3. The first kappa shape index (κ1) is 15.4. The van der Waals surface area contributed by atoms with Crippen LogP contribution >= 0.6 is 0 Å². The molecule has 0 aromatic heterocycles. The van der Waals surface area contributed by atoms with Crippen LogP contribution in [-0.4, -0.2) is 46.7 Å². The molecule has 0 bridgehead atoms. The summed E-state index contributed by atoms with van der Waals surface area (Å²) in [5.41, 5.74) is 8.30. The van der Waals surface area contributed by atoms with Crippen molar-refractivity contribution in [3.8, 4) is 0 Å². The number of azide groups is 1. The first-order valence-corrected chi connectivity index (χ1v) is 5.11. The van der Waals surface area contributed by atoms with Gasteiger partial charge >= 0.3 is 0 Å². The highest BCUT2D eigenvalue weighted by Gasteiger charge is 2.29. The third-order valence-corrected chi connectivity index (χ3v) is 2.16. The van der Waals surface area contributed by atoms with Gasteiger partial charge in [-0.3, -0.25) is 9.59 Å². The van der Waals surface area contributed by atoms with Gasteiger partial charge in [-0.15, -0.1) is 0 Å². The van der Waals surface area contributed by atoms with Crippen LogP contribution in [0.3, 0.4) is 0 Å². The van der Waals surface area contributed by atoms with E-state index in [1.54, 1.807) is 0 Å². The molecule has 0 spiro atoms. The molecule has 0 aliphatic rings. The predicted molar refractivity (Wildman–Crippen MR) is 58.9 cm³/mol. The number of amides is 1. The molecule has 1 unspecified atom stereocenters. The molecule has 96 valence electrons. The molecular weight excluding hydrogens is 228 g/mol. The zero-order valence-electron chi connectivity index (χ0n) is 9.70. The average molecular weight is 244 g/mol. The fourth-order valence-electron chi connectivity index (χ4n) is 1.15. The Bertz CT molecular complexity index is 327. The Morgan fingerprint density at radius 2 is 2.06 bits per heavy atom. The monoisotopic (exact) mass is 244 g/mol. The summed E-state index contributed by atoms with van der Waals surface area (Å²) in [6.45, 7) is 2.65. The minimum atomic E-state index is -1.62. The lowest BCUT2D eigenvalue weighted by atomic mass is 10.0. The van der Waals surface area contributed by atoms with Crippen molar-refractivity contribution in [3.63, 3.8) is 0 Å². The van der Waals surface area contributed by atoms with Gasteiger partial charge in [0.15, 0.2) is 5.78 Å². The molecular formula is C9H16N4O4. The van der Waals surface area contributed by atoms with Crippen molar-refractivity contribution in [3.05, 3.63) is 10.4 Å². The van der Waals surface area contributed by atoms with Crippen LogP contribution in [0.4, 0.5) is 0 Å². The van der Waals surface area contributed by atoms with E-state index in [0.717, 1.165) is 0 Å². The molecule has 17 heavy (non-hydrogen) atoms. The lowest BCUT2D eigenvalue weighted by Crippen LogP contribution is -2.46. The molecule has 0 heterocycles. The van der Waals surface area contributed by atoms with Crippen LogP contribution in [0.5, 0.6) is 0 Å². The maximum absolute atomic E-state index is 11.2. The molecule has 8 heteroatoms. The van der Waals surface area contributed by atoms with Crippen molar-refractivity contribution >= 4 is 11.7 Å². The van der Waals surface area contributed by atoms with Crippen LogP contribution < -0.4 is 5.32 Å². The van der Waals surface area contributed by atoms with Gasteiger partial charge < -0.3 is 15.5 Å². The maximum Gasteiger partial charge on any atom is 0.216 e. The quantitative estimate of drug-likeness (QED) is 0.316. The fourth-order valence-corrected chi connectivity index (χ4v) is 1.15. The van der Waals surface area contributed by atoms with Crippen LogP contribution in [0.1, 0.15) is 20.3 Å². The van der Waals surface area contributed by atoms with Crippen molar-refractivity contribution in [1.29, 1.82) is 0 Å². The molecule has 0 aromatic rings. The molecule has 8 nitrogen and oxygen atoms in total. The molecule has 0 aliphatic carbocycles. The number of hydrogen-bond donors (Lipinski definition) is 3. The van der Waals surface area contributed by atoms with Gasteiger partial charge in [0, 0.05) is 24.8 Å². The third kappa shape index (κ3) is 5.30. The summed E-state index contributed by atoms with van der Waals surface area (Å²) in [5, 5.41) is 24.7. The summed E-state index contributed by atoms with van der Waals surface area (Å²) in [4.78, 5) is 24.3. The zero-order valence-corrected chi connectivity index (χ0v) is 9.70. The first-order valence-electron chi connectivity index (χ1n) is 5.11. The SMILES string of the molecule is CCC(=O)[C@@H](O)[C@H](O)C(CNC(C)=O)N=[N+]=[N-]. The fraction of sp³-hybridized carbons (Fsp3) is 0.778. The Morgan fingerprint density at radius 3 is 2.47 bits per heavy atom. The molecule has 3 N–H and O–H groups in total. The van der Waals surface area contributed by atoms with Gasteiger partial charge in [0.1, 0.15) is 6.10 Å². The summed E-state index contributed by atoms with van der Waals surface area (Å²) in [7, 11) is 0. The smallest absolute Gasteiger partial charge is 0.216 e. The molecule has 0 aromatic carbocycles. The van der Waals surface area contributed by atoms with E-state index in [1.807, 2.05) is 0 Å². The second-order valence-electron chi connectivity index (χ2n) is 3.46. The topological polar surface area (TPSA) is 135 Å². The van der Waals surface area contributed by atoms with E-state index in [0.29, 0.717) is 0 Å². The molecule has 0 saturated heterocycles. The Hall–Kier alpha value is -1.63. The number of aliphatic hydroxyl groups is 2. The second-order valence-corrected chi connectivity index (χ2v) is 3.46. The van der Waals surface area contributed by atoms with Gasteiger partial charge in [-0.25, -0.2) is 0 Å². The van der Waals surface area contributed by atoms with Crippen LogP contribution in [-0.2, 0) is 9.59 Å². The van der Waals surface area contributed by atoms with Gasteiger partial charge in [0.2, 0.25) is 5.91 Å². The van der Waals surface area contributed by atoms with E-state index >= 15 is 0 Å². The number of nitrogens with zero attached hydrogens (tertiary/aromatic N) is 3. The lowest BCUT2D eigenvalue weighted by molar-refractivity contribution is -0.133. The van der Waals surface area contributed by atoms with E-state index in [9.17, 15) is 19.8 Å². The largest absolute Gasteiger partial charge is 0.389 e. The van der Waals surface area contributed by atoms with Crippen molar-refractivity contribution in [2.24, 2.45) is 5.11 Å². The highest BCUT2D eigenvalue weighted by molar-refractivity contribution is 5.83. The summed E-state index contributed by atoms with van der Waals surface area (Å²) in [6.07, 6.45) is -3.10. The first-order chi connectivity index (χ1) is 7.93. The Labute approximate surface area is 98.3 Å². The molecule has 3 atom stereocenters. The predicted octanol–water partition coefficient (Wildman–Crippen LogP) is -0.498. The van der Waals surface area contributed by atoms with Gasteiger partial charge in [-0.2, -0.15) is 0 Å². The number of ketones is 1. The zero-order chi connectivity index (χ0) is 13.4. The summed E-state index contributed by atoms with van der Waals surface area (Å²) < 4.78 is 0. The van der Waals surface area contributed by atoms with Crippen molar-refractivity contribution < 1.29 is 19.8 Å². The highest BCUT2D eigenvalue weighted by Crippen LogP contribution is 2.07. The third-order valence-electron chi connectivity index (χ3n) is 2.16. The molecule has 0 rings (SSSR count). The highest BCUT2D eigenvalue weighted by atomic mass is 16.3. The Morgan fingerprint density at radius 1 is 1.47 bits per heavy atom. The molecule has 0 radical (unpaired) electrons. The van der Waals surface area contributed by atoms with E-state index in [4.69, 9.17) is 5.53 Å². The van der Waals surface area contributed by atoms with Gasteiger partial charge in [0.25, 0.3) is 0 Å². The summed E-state index contributed by atoms with van der Waals surface area (Å²) in [5.74, 6) is -0.926. The van der Waals surface area contributed by atoms with E-state index in [-0.39, 0.29) is 18.9 Å². The van der Waals surface area contributed by atoms with Crippen LogP contribution in [0, 0.1) is 0 Å². The van der Waals surface area contributed by atoms with E-state index in [1.165, 1.54) is 13.8 Å². The van der Waals surface area contributed by atoms with Gasteiger partial charge in [-0.05, 0) is 5.53 Å². The molecule has 0 saturated carbocycles. The number of nitrogens with one attached hydrogen (secondary N) is 1. The number of aliphatic hydroxyl groups excluding tert-OH is 2. The number of carbonyl (C=O) groups is 2. The second kappa shape index (κ2) is 7.61. The number of rotatable bonds is 7. The van der Waals surface area contributed by atoms with E-state index in [2.05, 4.69) is 15.3 Å². The summed E-state index contributed by atoms with van der Waals surface area (Å²) >= 11 is 0. The Kier molecular flexibility index (Phi) is 6.88. The maximum atomic E-state index is 11.2. The van der Waals surface area contributed by atoms with Crippen molar-refractivity contribution in [2.75, 3.05) is 6.54 Å². The standard InChI is InChI=1S/C9H16N4O4/c1-3-7(15)9(17)8(16)6(12-13-10)4-11-5(2)14/h6,8-9,16-17H,3-4H2,1-2H3,(H,11,14)/t6?,8-,9-/m1/s1. The minimum Gasteiger partial charge on any atom is -0.389 e. The van der Waals surface area contributed by atoms with Crippen molar-refractivity contribution in [2.45, 2.75) is 38.5 Å². The average Bonchev–Trinajstić information content (AvgIpc) is 2.31. The number of Topliss-reactive ketones (excluding diaryl/α,β-unsaturated/α-hetero) is 1. The summed E-state index contributed by atoms with van der Waals surface area (Å²) in [6, 6.07) is -1.09. The van der Waals surface area contributed by atoms with Crippen LogP contribution in [0.2, 0.25) is 0 Å². The van der Waals surface area contributed by atoms with Crippen LogP contribution in [0.15, 0.2) is 5.11 Å². The van der Waals surface area contributed by atoms with E-state index < -0.39 is 24.0 Å². The van der Waals surface area contributed by atoms with Gasteiger partial charge in [-0.1, -0.05) is 12.0 Å². The van der Waals surface area contributed by atoms with Gasteiger partial charge in [0.05, 0.1) is 12.1 Å². The number of carbonyl (C=O) groups excluding carboxylic acids is 2. The molecule has 0 aliphatic heterocycles. The molecule has 1 amide bonds.